The molecule has 0 spiro atoms. The molecule has 3 nitrogen and oxygen atoms in total. The highest BCUT2D eigenvalue weighted by molar-refractivity contribution is 7.10. The van der Waals surface area contributed by atoms with Crippen LogP contribution in [0.2, 0.25) is 0 Å². The van der Waals surface area contributed by atoms with Gasteiger partial charge in [0.25, 0.3) is 0 Å². The van der Waals surface area contributed by atoms with E-state index in [9.17, 15) is 5.11 Å². The Morgan fingerprint density at radius 2 is 2.12 bits per heavy atom. The van der Waals surface area contributed by atoms with Crippen LogP contribution in [-0.4, -0.2) is 12.2 Å². The Morgan fingerprint density at radius 1 is 1.35 bits per heavy atom. The van der Waals surface area contributed by atoms with Gasteiger partial charge in [-0.05, 0) is 29.6 Å². The number of phenolic OH excluding ortho intramolecular Hbond substituents is 1. The first-order valence-corrected chi connectivity index (χ1v) is 5.76. The summed E-state index contributed by atoms with van der Waals surface area (Å²) in [4.78, 5) is 1.02. The second kappa shape index (κ2) is 5.91. The summed E-state index contributed by atoms with van der Waals surface area (Å²) in [7, 11) is 1.59. The lowest BCUT2D eigenvalue weighted by Crippen LogP contribution is -2.10. The van der Waals surface area contributed by atoms with Crippen LogP contribution in [0.4, 0.5) is 0 Å². The largest absolute Gasteiger partial charge is 0.508 e. The molecule has 5 heteroatoms. The number of phenols is 1. The van der Waals surface area contributed by atoms with E-state index in [1.807, 2.05) is 17.5 Å². The van der Waals surface area contributed by atoms with Crippen molar-refractivity contribution < 1.29 is 9.84 Å². The number of rotatable bonds is 3. The van der Waals surface area contributed by atoms with Crippen LogP contribution >= 0.6 is 23.7 Å². The molecule has 0 bridgehead atoms. The van der Waals surface area contributed by atoms with Crippen LogP contribution in [0, 0.1) is 0 Å². The summed E-state index contributed by atoms with van der Waals surface area (Å²) in [6, 6.07) is 8.65. The Morgan fingerprint density at radius 3 is 2.71 bits per heavy atom. The minimum atomic E-state index is -0.310. The standard InChI is InChI=1S/C12H13NO2S.ClH/c1-15-8-4-5-10(14)9(7-8)12(13)11-3-2-6-16-11;/h2-7,12,14H,13H2,1H3;1H/t12-;/m0./s1. The molecule has 0 amide bonds. The number of ether oxygens (including phenoxy) is 1. The van der Waals surface area contributed by atoms with Crippen molar-refractivity contribution in [3.63, 3.8) is 0 Å². The van der Waals surface area contributed by atoms with Crippen LogP contribution in [0.3, 0.4) is 0 Å². The van der Waals surface area contributed by atoms with Gasteiger partial charge in [0, 0.05) is 10.4 Å². The van der Waals surface area contributed by atoms with Gasteiger partial charge in [0.15, 0.2) is 0 Å². The van der Waals surface area contributed by atoms with Crippen LogP contribution in [0.1, 0.15) is 16.5 Å². The number of hydrogen-bond donors (Lipinski definition) is 2. The fourth-order valence-electron chi connectivity index (χ4n) is 1.53. The molecule has 92 valence electrons. The zero-order valence-electron chi connectivity index (χ0n) is 9.29. The average Bonchev–Trinajstić information content (AvgIpc) is 2.82. The molecule has 1 aromatic carbocycles. The monoisotopic (exact) mass is 271 g/mol. The highest BCUT2D eigenvalue weighted by Crippen LogP contribution is 2.32. The van der Waals surface area contributed by atoms with Gasteiger partial charge >= 0.3 is 0 Å². The van der Waals surface area contributed by atoms with E-state index >= 15 is 0 Å². The number of benzene rings is 1. The molecule has 0 unspecified atom stereocenters. The highest BCUT2D eigenvalue weighted by atomic mass is 35.5. The Labute approximate surface area is 110 Å². The molecule has 0 aliphatic rings. The molecule has 0 aliphatic carbocycles. The third kappa shape index (κ3) is 2.91. The van der Waals surface area contributed by atoms with E-state index < -0.39 is 0 Å². The van der Waals surface area contributed by atoms with Crippen molar-refractivity contribution in [2.24, 2.45) is 5.73 Å². The summed E-state index contributed by atoms with van der Waals surface area (Å²) in [5.41, 5.74) is 6.76. The maximum atomic E-state index is 9.77. The molecule has 2 aromatic rings. The summed E-state index contributed by atoms with van der Waals surface area (Å²) in [6.07, 6.45) is 0. The number of nitrogens with two attached hydrogens (primary N) is 1. The molecule has 1 atom stereocenters. The van der Waals surface area contributed by atoms with Crippen molar-refractivity contribution >= 4 is 23.7 Å². The first-order valence-electron chi connectivity index (χ1n) is 4.88. The van der Waals surface area contributed by atoms with Crippen LogP contribution in [0.5, 0.6) is 11.5 Å². The first kappa shape index (κ1) is 13.8. The zero-order chi connectivity index (χ0) is 11.5. The summed E-state index contributed by atoms with van der Waals surface area (Å²) < 4.78 is 5.11. The summed E-state index contributed by atoms with van der Waals surface area (Å²) in [5.74, 6) is 0.890. The number of halogens is 1. The average molecular weight is 272 g/mol. The van der Waals surface area contributed by atoms with Crippen LogP contribution in [0.25, 0.3) is 0 Å². The Bertz CT molecular complexity index is 473. The molecule has 17 heavy (non-hydrogen) atoms. The topological polar surface area (TPSA) is 55.5 Å². The van der Waals surface area contributed by atoms with Gasteiger partial charge in [-0.2, -0.15) is 0 Å². The van der Waals surface area contributed by atoms with E-state index in [1.54, 1.807) is 36.6 Å². The minimum absolute atomic E-state index is 0. The fraction of sp³-hybridized carbons (Fsp3) is 0.167. The molecule has 1 aromatic heterocycles. The lowest BCUT2D eigenvalue weighted by Gasteiger charge is -2.13. The highest BCUT2D eigenvalue weighted by Gasteiger charge is 2.14. The Hall–Kier alpha value is -1.23. The van der Waals surface area contributed by atoms with Crippen LogP contribution in [-0.2, 0) is 0 Å². The van der Waals surface area contributed by atoms with E-state index in [4.69, 9.17) is 10.5 Å². The first-order chi connectivity index (χ1) is 7.72. The van der Waals surface area contributed by atoms with Gasteiger partial charge in [0.05, 0.1) is 13.2 Å². The molecule has 1 heterocycles. The van der Waals surface area contributed by atoms with Gasteiger partial charge in [-0.1, -0.05) is 6.07 Å². The second-order valence-electron chi connectivity index (χ2n) is 3.42. The smallest absolute Gasteiger partial charge is 0.120 e. The fourth-order valence-corrected chi connectivity index (χ4v) is 2.28. The van der Waals surface area contributed by atoms with E-state index in [0.717, 1.165) is 4.88 Å². The van der Waals surface area contributed by atoms with Crippen molar-refractivity contribution in [1.29, 1.82) is 0 Å². The summed E-state index contributed by atoms with van der Waals surface area (Å²) in [6.45, 7) is 0. The number of aromatic hydroxyl groups is 1. The van der Waals surface area contributed by atoms with Gasteiger partial charge in [0.2, 0.25) is 0 Å². The SMILES string of the molecule is COc1ccc(O)c([C@H](N)c2cccs2)c1.Cl. The third-order valence-corrected chi connectivity index (χ3v) is 3.37. The molecule has 0 aliphatic heterocycles. The number of thiophene rings is 1. The molecule has 0 fully saturated rings. The lowest BCUT2D eigenvalue weighted by atomic mass is 10.0. The predicted molar refractivity (Wildman–Crippen MR) is 72.3 cm³/mol. The molecule has 2 rings (SSSR count). The van der Waals surface area contributed by atoms with Crippen molar-refractivity contribution in [2.45, 2.75) is 6.04 Å². The number of methoxy groups -OCH3 is 1. The molecule has 0 saturated heterocycles. The van der Waals surface area contributed by atoms with Crippen molar-refractivity contribution in [3.05, 3.63) is 46.2 Å². The summed E-state index contributed by atoms with van der Waals surface area (Å²) >= 11 is 1.57. The Kier molecular flexibility index (Phi) is 4.81. The van der Waals surface area contributed by atoms with E-state index in [-0.39, 0.29) is 24.2 Å². The van der Waals surface area contributed by atoms with Gasteiger partial charge in [-0.25, -0.2) is 0 Å². The van der Waals surface area contributed by atoms with E-state index in [1.165, 1.54) is 0 Å². The Balaban J connectivity index is 0.00000144. The lowest BCUT2D eigenvalue weighted by molar-refractivity contribution is 0.410. The third-order valence-electron chi connectivity index (χ3n) is 2.42. The van der Waals surface area contributed by atoms with Crippen LogP contribution < -0.4 is 10.5 Å². The molecule has 0 radical (unpaired) electrons. The zero-order valence-corrected chi connectivity index (χ0v) is 10.9. The predicted octanol–water partition coefficient (Wildman–Crippen LogP) is 2.93. The molecule has 3 N–H and O–H groups in total. The molecule has 0 saturated carbocycles. The van der Waals surface area contributed by atoms with Gasteiger partial charge < -0.3 is 15.6 Å². The van der Waals surface area contributed by atoms with E-state index in [0.29, 0.717) is 11.3 Å². The maximum Gasteiger partial charge on any atom is 0.120 e. The van der Waals surface area contributed by atoms with Gasteiger partial charge in [0.1, 0.15) is 11.5 Å². The molecular formula is C12H14ClNO2S. The maximum absolute atomic E-state index is 9.77. The number of hydrogen-bond acceptors (Lipinski definition) is 4. The minimum Gasteiger partial charge on any atom is -0.508 e. The van der Waals surface area contributed by atoms with Gasteiger partial charge in [-0.15, -0.1) is 23.7 Å². The second-order valence-corrected chi connectivity index (χ2v) is 4.40. The van der Waals surface area contributed by atoms with Crippen molar-refractivity contribution in [1.82, 2.24) is 0 Å². The quantitative estimate of drug-likeness (QED) is 0.902. The van der Waals surface area contributed by atoms with Gasteiger partial charge in [-0.3, -0.25) is 0 Å². The van der Waals surface area contributed by atoms with Crippen molar-refractivity contribution in [2.75, 3.05) is 7.11 Å². The molecular weight excluding hydrogens is 258 g/mol. The van der Waals surface area contributed by atoms with E-state index in [2.05, 4.69) is 0 Å². The van der Waals surface area contributed by atoms with Crippen LogP contribution in [0.15, 0.2) is 35.7 Å². The van der Waals surface area contributed by atoms with Crippen molar-refractivity contribution in [3.8, 4) is 11.5 Å². The normalized spacial score (nSPS) is 11.6. The summed E-state index contributed by atoms with van der Waals surface area (Å²) in [5, 5.41) is 11.7.